The molecule has 0 radical (unpaired) electrons. The third kappa shape index (κ3) is 1.43. The molecule has 0 spiro atoms. The van der Waals surface area contributed by atoms with Gasteiger partial charge in [-0.25, -0.2) is 0 Å². The van der Waals surface area contributed by atoms with Gasteiger partial charge in [0.2, 0.25) is 0 Å². The summed E-state index contributed by atoms with van der Waals surface area (Å²) in [5, 5.41) is 0. The first kappa shape index (κ1) is 9.26. The van der Waals surface area contributed by atoms with Crippen molar-refractivity contribution in [2.24, 2.45) is 11.8 Å². The molecule has 0 heterocycles. The molecule has 2 bridgehead atoms. The van der Waals surface area contributed by atoms with E-state index >= 15 is 0 Å². The van der Waals surface area contributed by atoms with Gasteiger partial charge in [-0.05, 0) is 37.5 Å². The van der Waals surface area contributed by atoms with Crippen LogP contribution in [0.3, 0.4) is 0 Å². The minimum Gasteiger partial charge on any atom is -0.371 e. The van der Waals surface area contributed by atoms with Gasteiger partial charge in [-0.3, -0.25) is 0 Å². The molecule has 0 N–H and O–H groups in total. The SMILES string of the molecule is C=CCOC12CCC(CC1CC)C2. The summed E-state index contributed by atoms with van der Waals surface area (Å²) < 4.78 is 6.02. The smallest absolute Gasteiger partial charge is 0.0717 e. The standard InChI is InChI=1S/C12H20O/c1-3-7-13-12-6-5-10(9-12)8-11(12)4-2/h3,10-11H,1,4-9H2,2H3. The normalized spacial score (nSPS) is 42.5. The van der Waals surface area contributed by atoms with E-state index in [9.17, 15) is 0 Å². The van der Waals surface area contributed by atoms with E-state index in [-0.39, 0.29) is 5.60 Å². The van der Waals surface area contributed by atoms with Gasteiger partial charge in [0.25, 0.3) is 0 Å². The van der Waals surface area contributed by atoms with Crippen LogP contribution in [0.5, 0.6) is 0 Å². The molecule has 1 heteroatoms. The van der Waals surface area contributed by atoms with Crippen LogP contribution >= 0.6 is 0 Å². The minimum atomic E-state index is 0.258. The number of ether oxygens (including phenoxy) is 1. The van der Waals surface area contributed by atoms with E-state index < -0.39 is 0 Å². The second-order valence-electron chi connectivity index (χ2n) is 4.61. The quantitative estimate of drug-likeness (QED) is 0.604. The molecule has 0 saturated heterocycles. The van der Waals surface area contributed by atoms with Crippen LogP contribution in [0, 0.1) is 11.8 Å². The molecule has 1 nitrogen and oxygen atoms in total. The molecule has 3 unspecified atom stereocenters. The topological polar surface area (TPSA) is 9.23 Å². The zero-order valence-electron chi connectivity index (χ0n) is 8.59. The van der Waals surface area contributed by atoms with E-state index in [0.717, 1.165) is 18.4 Å². The first-order chi connectivity index (χ1) is 6.30. The van der Waals surface area contributed by atoms with E-state index in [1.54, 1.807) is 0 Å². The van der Waals surface area contributed by atoms with E-state index in [2.05, 4.69) is 13.5 Å². The predicted molar refractivity (Wildman–Crippen MR) is 54.6 cm³/mol. The summed E-state index contributed by atoms with van der Waals surface area (Å²) in [6.07, 6.45) is 8.59. The monoisotopic (exact) mass is 180 g/mol. The van der Waals surface area contributed by atoms with Crippen molar-refractivity contribution in [2.45, 2.75) is 44.6 Å². The average molecular weight is 180 g/mol. The van der Waals surface area contributed by atoms with E-state index in [1.165, 1.54) is 32.1 Å². The fourth-order valence-corrected chi connectivity index (χ4v) is 3.34. The predicted octanol–water partition coefficient (Wildman–Crippen LogP) is 3.16. The highest BCUT2D eigenvalue weighted by atomic mass is 16.5. The Balaban J connectivity index is 2.04. The van der Waals surface area contributed by atoms with Crippen LogP contribution in [0.2, 0.25) is 0 Å². The highest BCUT2D eigenvalue weighted by Gasteiger charge is 2.51. The van der Waals surface area contributed by atoms with Crippen molar-refractivity contribution in [1.29, 1.82) is 0 Å². The zero-order chi connectivity index (χ0) is 9.31. The summed E-state index contributed by atoms with van der Waals surface area (Å²) in [5.41, 5.74) is 0.258. The van der Waals surface area contributed by atoms with Crippen LogP contribution in [0.15, 0.2) is 12.7 Å². The van der Waals surface area contributed by atoms with Gasteiger partial charge in [0.15, 0.2) is 0 Å². The molecule has 2 saturated carbocycles. The Morgan fingerprint density at radius 3 is 3.08 bits per heavy atom. The van der Waals surface area contributed by atoms with Crippen molar-refractivity contribution < 1.29 is 4.74 Å². The van der Waals surface area contributed by atoms with Gasteiger partial charge in [-0.1, -0.05) is 19.4 Å². The van der Waals surface area contributed by atoms with Gasteiger partial charge in [0.05, 0.1) is 12.2 Å². The van der Waals surface area contributed by atoms with Crippen molar-refractivity contribution in [1.82, 2.24) is 0 Å². The first-order valence-electron chi connectivity index (χ1n) is 5.55. The summed E-state index contributed by atoms with van der Waals surface area (Å²) >= 11 is 0. The molecule has 0 aromatic heterocycles. The summed E-state index contributed by atoms with van der Waals surface area (Å²) in [4.78, 5) is 0. The van der Waals surface area contributed by atoms with Crippen LogP contribution < -0.4 is 0 Å². The molecule has 3 atom stereocenters. The Morgan fingerprint density at radius 2 is 2.46 bits per heavy atom. The zero-order valence-corrected chi connectivity index (χ0v) is 8.59. The molecule has 2 aliphatic rings. The van der Waals surface area contributed by atoms with E-state index in [0.29, 0.717) is 0 Å². The second-order valence-corrected chi connectivity index (χ2v) is 4.61. The molecule has 2 rings (SSSR count). The van der Waals surface area contributed by atoms with Crippen LogP contribution in [0.4, 0.5) is 0 Å². The third-order valence-electron chi connectivity index (χ3n) is 3.95. The van der Waals surface area contributed by atoms with Gasteiger partial charge in [0, 0.05) is 0 Å². The fourth-order valence-electron chi connectivity index (χ4n) is 3.34. The fraction of sp³-hybridized carbons (Fsp3) is 0.833. The van der Waals surface area contributed by atoms with E-state index in [4.69, 9.17) is 4.74 Å². The second kappa shape index (κ2) is 3.45. The Hall–Kier alpha value is -0.300. The molecular formula is C12H20O. The Kier molecular flexibility index (Phi) is 2.46. The number of rotatable bonds is 4. The first-order valence-corrected chi connectivity index (χ1v) is 5.55. The van der Waals surface area contributed by atoms with Gasteiger partial charge >= 0.3 is 0 Å². The Labute approximate surface area is 81.2 Å². The van der Waals surface area contributed by atoms with E-state index in [1.807, 2.05) is 6.08 Å². The van der Waals surface area contributed by atoms with Crippen LogP contribution in [0.1, 0.15) is 39.0 Å². The number of hydrogen-bond donors (Lipinski definition) is 0. The lowest BCUT2D eigenvalue weighted by Gasteiger charge is -2.34. The molecule has 2 aliphatic carbocycles. The maximum atomic E-state index is 6.02. The van der Waals surface area contributed by atoms with Gasteiger partial charge in [-0.15, -0.1) is 6.58 Å². The molecule has 13 heavy (non-hydrogen) atoms. The lowest BCUT2D eigenvalue weighted by Crippen LogP contribution is -2.35. The average Bonchev–Trinajstić information content (AvgIpc) is 2.71. The molecule has 0 aromatic rings. The molecule has 74 valence electrons. The maximum Gasteiger partial charge on any atom is 0.0717 e. The lowest BCUT2D eigenvalue weighted by molar-refractivity contribution is -0.0601. The van der Waals surface area contributed by atoms with Gasteiger partial charge < -0.3 is 4.74 Å². The maximum absolute atomic E-state index is 6.02. The molecule has 0 amide bonds. The number of hydrogen-bond acceptors (Lipinski definition) is 1. The van der Waals surface area contributed by atoms with Crippen molar-refractivity contribution in [3.63, 3.8) is 0 Å². The van der Waals surface area contributed by atoms with Crippen LogP contribution in [0.25, 0.3) is 0 Å². The molecule has 2 fully saturated rings. The van der Waals surface area contributed by atoms with Crippen LogP contribution in [-0.2, 0) is 4.74 Å². The highest BCUT2D eigenvalue weighted by molar-refractivity contribution is 5.03. The van der Waals surface area contributed by atoms with Crippen molar-refractivity contribution in [2.75, 3.05) is 6.61 Å². The number of fused-ring (bicyclic) bond motifs is 2. The summed E-state index contributed by atoms with van der Waals surface area (Å²) in [5.74, 6) is 1.79. The van der Waals surface area contributed by atoms with Crippen molar-refractivity contribution in [3.8, 4) is 0 Å². The molecule has 0 aromatic carbocycles. The molecular weight excluding hydrogens is 160 g/mol. The summed E-state index contributed by atoms with van der Waals surface area (Å²) in [6.45, 7) is 6.76. The summed E-state index contributed by atoms with van der Waals surface area (Å²) in [7, 11) is 0. The lowest BCUT2D eigenvalue weighted by atomic mass is 9.83. The highest BCUT2D eigenvalue weighted by Crippen LogP contribution is 2.54. The largest absolute Gasteiger partial charge is 0.371 e. The Morgan fingerprint density at radius 1 is 1.62 bits per heavy atom. The van der Waals surface area contributed by atoms with Crippen molar-refractivity contribution >= 4 is 0 Å². The Bertz CT molecular complexity index is 199. The van der Waals surface area contributed by atoms with Crippen LogP contribution in [-0.4, -0.2) is 12.2 Å². The summed E-state index contributed by atoms with van der Waals surface area (Å²) in [6, 6.07) is 0. The van der Waals surface area contributed by atoms with Gasteiger partial charge in [0.1, 0.15) is 0 Å². The molecule has 0 aliphatic heterocycles. The third-order valence-corrected chi connectivity index (χ3v) is 3.95. The minimum absolute atomic E-state index is 0.258. The van der Waals surface area contributed by atoms with Crippen molar-refractivity contribution in [3.05, 3.63) is 12.7 Å². The van der Waals surface area contributed by atoms with Gasteiger partial charge in [-0.2, -0.15) is 0 Å².